The number of methoxy groups -OCH3 is 1. The number of pyridine rings is 1. The van der Waals surface area contributed by atoms with Gasteiger partial charge in [-0.2, -0.15) is 0 Å². The summed E-state index contributed by atoms with van der Waals surface area (Å²) in [6.45, 7) is 9.41. The summed E-state index contributed by atoms with van der Waals surface area (Å²) in [5.74, 6) is 1.77. The lowest BCUT2D eigenvalue weighted by Gasteiger charge is -2.21. The number of ether oxygens (including phenoxy) is 1. The second kappa shape index (κ2) is 13.2. The van der Waals surface area contributed by atoms with Crippen molar-refractivity contribution in [3.05, 3.63) is 24.4 Å². The number of hydrogen-bond acceptors (Lipinski definition) is 4. The molecule has 1 heterocycles. The van der Waals surface area contributed by atoms with Gasteiger partial charge in [0, 0.05) is 32.9 Å². The van der Waals surface area contributed by atoms with E-state index in [2.05, 4.69) is 32.9 Å². The van der Waals surface area contributed by atoms with E-state index in [1.165, 1.54) is 0 Å². The first-order valence-electron chi connectivity index (χ1n) is 8.29. The fraction of sp³-hybridized carbons (Fsp3) is 0.647. The molecule has 0 aliphatic rings. The summed E-state index contributed by atoms with van der Waals surface area (Å²) >= 11 is 0. The van der Waals surface area contributed by atoms with Crippen molar-refractivity contribution in [3.63, 3.8) is 0 Å². The summed E-state index contributed by atoms with van der Waals surface area (Å²) < 4.78 is 5.39. The monoisotopic (exact) mass is 449 g/mol. The minimum Gasteiger partial charge on any atom is -0.377 e. The number of hydrogen-bond donors (Lipinski definition) is 3. The number of halogens is 1. The second-order valence-electron chi connectivity index (χ2n) is 5.93. The lowest BCUT2D eigenvalue weighted by Crippen LogP contribution is -2.39. The normalized spacial score (nSPS) is 11.6. The molecule has 3 N–H and O–H groups in total. The molecule has 0 spiro atoms. The highest BCUT2D eigenvalue weighted by molar-refractivity contribution is 14.0. The van der Waals surface area contributed by atoms with Crippen molar-refractivity contribution in [2.75, 3.05) is 38.6 Å². The van der Waals surface area contributed by atoms with Crippen molar-refractivity contribution in [1.29, 1.82) is 0 Å². The molecular formula is C17H32IN5O. The molecule has 0 atom stereocenters. The summed E-state index contributed by atoms with van der Waals surface area (Å²) in [5, 5.41) is 9.92. The molecular weight excluding hydrogens is 417 g/mol. The fourth-order valence-corrected chi connectivity index (χ4v) is 1.82. The van der Waals surface area contributed by atoms with Gasteiger partial charge in [0.05, 0.1) is 12.1 Å². The number of nitrogens with one attached hydrogen (secondary N) is 3. The van der Waals surface area contributed by atoms with E-state index in [4.69, 9.17) is 4.74 Å². The maximum Gasteiger partial charge on any atom is 0.191 e. The number of aromatic nitrogens is 1. The highest BCUT2D eigenvalue weighted by Gasteiger charge is 2.15. The molecule has 6 nitrogen and oxygen atoms in total. The van der Waals surface area contributed by atoms with E-state index in [9.17, 15) is 0 Å². The van der Waals surface area contributed by atoms with Crippen LogP contribution in [0.3, 0.4) is 0 Å². The maximum absolute atomic E-state index is 5.39. The van der Waals surface area contributed by atoms with Gasteiger partial charge < -0.3 is 20.7 Å². The first-order chi connectivity index (χ1) is 11.1. The van der Waals surface area contributed by atoms with Crippen LogP contribution in [0.2, 0.25) is 0 Å². The third-order valence-electron chi connectivity index (χ3n) is 3.38. The quantitative estimate of drug-likeness (QED) is 0.222. The van der Waals surface area contributed by atoms with E-state index >= 15 is 0 Å². The smallest absolute Gasteiger partial charge is 0.191 e. The van der Waals surface area contributed by atoms with E-state index in [-0.39, 0.29) is 29.6 Å². The Morgan fingerprint density at radius 2 is 1.96 bits per heavy atom. The molecule has 1 rings (SSSR count). The topological polar surface area (TPSA) is 70.6 Å². The van der Waals surface area contributed by atoms with Crippen LogP contribution >= 0.6 is 24.0 Å². The molecule has 138 valence electrons. The Hall–Kier alpha value is -1.09. The van der Waals surface area contributed by atoms with Crippen LogP contribution in [-0.2, 0) is 4.74 Å². The Kier molecular flexibility index (Phi) is 12.6. The number of anilines is 1. The van der Waals surface area contributed by atoms with E-state index in [1.54, 1.807) is 13.3 Å². The van der Waals surface area contributed by atoms with Crippen LogP contribution in [0.5, 0.6) is 0 Å². The summed E-state index contributed by atoms with van der Waals surface area (Å²) in [6.07, 6.45) is 3.94. The molecule has 0 unspecified atom stereocenters. The van der Waals surface area contributed by atoms with E-state index in [0.29, 0.717) is 6.54 Å². The number of rotatable bonds is 10. The Balaban J connectivity index is 0.00000529. The summed E-state index contributed by atoms with van der Waals surface area (Å²) in [4.78, 5) is 8.80. The van der Waals surface area contributed by atoms with Crippen LogP contribution in [0, 0.1) is 0 Å². The number of nitrogens with zero attached hydrogens (tertiary/aromatic N) is 2. The van der Waals surface area contributed by atoms with Gasteiger partial charge in [0.25, 0.3) is 0 Å². The fourth-order valence-electron chi connectivity index (χ4n) is 1.82. The van der Waals surface area contributed by atoms with Crippen molar-refractivity contribution < 1.29 is 4.74 Å². The summed E-state index contributed by atoms with van der Waals surface area (Å²) in [5.41, 5.74) is -0.241. The average Bonchev–Trinajstić information content (AvgIpc) is 2.56. The number of aliphatic imine (C=N–C) groups is 1. The van der Waals surface area contributed by atoms with Crippen LogP contribution in [0.15, 0.2) is 29.4 Å². The first-order valence-corrected chi connectivity index (χ1v) is 8.29. The van der Waals surface area contributed by atoms with Crippen LogP contribution in [-0.4, -0.2) is 49.8 Å². The van der Waals surface area contributed by atoms with E-state index in [0.717, 1.165) is 44.3 Å². The summed E-state index contributed by atoms with van der Waals surface area (Å²) in [6, 6.07) is 5.88. The molecule has 0 bridgehead atoms. The zero-order chi connectivity index (χ0) is 17.0. The zero-order valence-electron chi connectivity index (χ0n) is 15.3. The lowest BCUT2D eigenvalue weighted by atomic mass is 10.1. The van der Waals surface area contributed by atoms with Gasteiger partial charge in [0.2, 0.25) is 0 Å². The Labute approximate surface area is 163 Å². The van der Waals surface area contributed by atoms with Crippen LogP contribution in [0.4, 0.5) is 5.82 Å². The number of unbranched alkanes of at least 4 members (excludes halogenated alkanes) is 1. The average molecular weight is 449 g/mol. The van der Waals surface area contributed by atoms with Crippen molar-refractivity contribution in [2.45, 2.75) is 39.2 Å². The summed E-state index contributed by atoms with van der Waals surface area (Å²) in [7, 11) is 1.71. The van der Waals surface area contributed by atoms with Crippen molar-refractivity contribution in [2.24, 2.45) is 4.99 Å². The van der Waals surface area contributed by atoms with E-state index < -0.39 is 0 Å². The van der Waals surface area contributed by atoms with Crippen LogP contribution < -0.4 is 16.0 Å². The van der Waals surface area contributed by atoms with Gasteiger partial charge in [-0.15, -0.1) is 24.0 Å². The Bertz CT molecular complexity index is 454. The van der Waals surface area contributed by atoms with Gasteiger partial charge in [0.15, 0.2) is 5.96 Å². The van der Waals surface area contributed by atoms with Crippen molar-refractivity contribution in [1.82, 2.24) is 15.6 Å². The standard InChI is InChI=1S/C17H31N5O.HI/c1-5-18-16(22-14-17(2,3)23-4)21-13-9-8-12-20-15-10-6-7-11-19-15;/h6-7,10-11H,5,8-9,12-14H2,1-4H3,(H,19,20)(H2,18,21,22);1H. The minimum atomic E-state index is -0.241. The van der Waals surface area contributed by atoms with E-state index in [1.807, 2.05) is 32.0 Å². The highest BCUT2D eigenvalue weighted by atomic mass is 127. The van der Waals surface area contributed by atoms with Gasteiger partial charge in [-0.1, -0.05) is 6.07 Å². The molecule has 0 aliphatic carbocycles. The molecule has 0 fully saturated rings. The second-order valence-corrected chi connectivity index (χ2v) is 5.93. The first kappa shape index (κ1) is 22.9. The van der Waals surface area contributed by atoms with Gasteiger partial charge in [-0.25, -0.2) is 4.98 Å². The zero-order valence-corrected chi connectivity index (χ0v) is 17.6. The molecule has 1 aromatic rings. The van der Waals surface area contributed by atoms with Crippen LogP contribution in [0.1, 0.15) is 33.6 Å². The third kappa shape index (κ3) is 10.6. The molecule has 7 heteroatoms. The van der Waals surface area contributed by atoms with Gasteiger partial charge >= 0.3 is 0 Å². The Morgan fingerprint density at radius 3 is 2.58 bits per heavy atom. The molecule has 0 aliphatic heterocycles. The third-order valence-corrected chi connectivity index (χ3v) is 3.38. The predicted molar refractivity (Wildman–Crippen MR) is 112 cm³/mol. The van der Waals surface area contributed by atoms with Gasteiger partial charge in [-0.05, 0) is 45.7 Å². The largest absolute Gasteiger partial charge is 0.377 e. The predicted octanol–water partition coefficient (Wildman–Crippen LogP) is 2.87. The minimum absolute atomic E-state index is 0. The molecule has 24 heavy (non-hydrogen) atoms. The molecule has 0 aromatic carbocycles. The highest BCUT2D eigenvalue weighted by Crippen LogP contribution is 2.07. The molecule has 0 saturated heterocycles. The molecule has 1 aromatic heterocycles. The van der Waals surface area contributed by atoms with Gasteiger partial charge in [0.1, 0.15) is 5.82 Å². The van der Waals surface area contributed by atoms with Crippen molar-refractivity contribution in [3.8, 4) is 0 Å². The van der Waals surface area contributed by atoms with Crippen molar-refractivity contribution >= 4 is 35.8 Å². The molecule has 0 saturated carbocycles. The Morgan fingerprint density at radius 1 is 1.21 bits per heavy atom. The number of guanidine groups is 1. The van der Waals surface area contributed by atoms with Gasteiger partial charge in [-0.3, -0.25) is 4.99 Å². The van der Waals surface area contributed by atoms with Crippen LogP contribution in [0.25, 0.3) is 0 Å². The molecule has 0 radical (unpaired) electrons. The maximum atomic E-state index is 5.39. The lowest BCUT2D eigenvalue weighted by molar-refractivity contribution is 0.0310. The molecule has 0 amide bonds. The SMILES string of the molecule is CCNC(=NCC(C)(C)OC)NCCCCNc1ccccn1.I.